The minimum absolute atomic E-state index is 0.298. The first-order chi connectivity index (χ1) is 9.08. The van der Waals surface area contributed by atoms with E-state index in [-0.39, 0.29) is 11.4 Å². The van der Waals surface area contributed by atoms with E-state index in [2.05, 4.69) is 4.98 Å². The molecular formula is C13H10FN3OS. The number of halogens is 1. The molecule has 0 aliphatic heterocycles. The Morgan fingerprint density at radius 1 is 1.32 bits per heavy atom. The van der Waals surface area contributed by atoms with Crippen LogP contribution in [0.5, 0.6) is 0 Å². The highest BCUT2D eigenvalue weighted by Crippen LogP contribution is 2.35. The van der Waals surface area contributed by atoms with Crippen LogP contribution in [0.25, 0.3) is 21.3 Å². The Kier molecular flexibility index (Phi) is 2.60. The molecule has 0 amide bonds. The average Bonchev–Trinajstić information content (AvgIpc) is 2.72. The molecule has 0 saturated heterocycles. The van der Waals surface area contributed by atoms with Crippen molar-refractivity contribution in [2.45, 2.75) is 6.92 Å². The molecule has 3 aromatic rings. The van der Waals surface area contributed by atoms with Gasteiger partial charge in [0, 0.05) is 10.4 Å². The number of aromatic nitrogens is 2. The van der Waals surface area contributed by atoms with E-state index in [0.29, 0.717) is 10.2 Å². The first kappa shape index (κ1) is 11.9. The predicted octanol–water partition coefficient (Wildman–Crippen LogP) is 2.29. The van der Waals surface area contributed by atoms with E-state index in [1.807, 2.05) is 6.92 Å². The first-order valence-electron chi connectivity index (χ1n) is 5.59. The quantitative estimate of drug-likeness (QED) is 0.693. The molecule has 1 aromatic carbocycles. The Hall–Kier alpha value is -2.21. The van der Waals surface area contributed by atoms with E-state index in [0.717, 1.165) is 20.7 Å². The standard InChI is InChI=1S/C13H10FN3OS/c1-7-10(8-2-4-9(14)5-3-8)11-12(19-7)16-6-17(15)13(11)18/h2-6H,15H2,1H3. The van der Waals surface area contributed by atoms with Gasteiger partial charge in [0.05, 0.1) is 5.39 Å². The lowest BCUT2D eigenvalue weighted by atomic mass is 10.0. The summed E-state index contributed by atoms with van der Waals surface area (Å²) in [6, 6.07) is 6.04. The van der Waals surface area contributed by atoms with Crippen molar-refractivity contribution >= 4 is 21.6 Å². The van der Waals surface area contributed by atoms with Crippen molar-refractivity contribution < 1.29 is 4.39 Å². The van der Waals surface area contributed by atoms with Crippen LogP contribution in [0.1, 0.15) is 4.88 Å². The lowest BCUT2D eigenvalue weighted by Crippen LogP contribution is -2.26. The Bertz CT molecular complexity index is 820. The maximum absolute atomic E-state index is 13.0. The molecule has 2 aromatic heterocycles. The molecule has 0 aliphatic rings. The highest BCUT2D eigenvalue weighted by Gasteiger charge is 2.16. The second kappa shape index (κ2) is 4.17. The highest BCUT2D eigenvalue weighted by atomic mass is 32.1. The molecule has 19 heavy (non-hydrogen) atoms. The molecule has 0 atom stereocenters. The molecule has 4 nitrogen and oxygen atoms in total. The van der Waals surface area contributed by atoms with Crippen molar-refractivity contribution in [3.8, 4) is 11.1 Å². The second-order valence-electron chi connectivity index (χ2n) is 4.18. The Balaban J connectivity index is 2.40. The molecule has 96 valence electrons. The number of hydrogen-bond acceptors (Lipinski definition) is 4. The third-order valence-electron chi connectivity index (χ3n) is 2.95. The van der Waals surface area contributed by atoms with Crippen molar-refractivity contribution in [2.75, 3.05) is 5.84 Å². The third-order valence-corrected chi connectivity index (χ3v) is 3.96. The van der Waals surface area contributed by atoms with Gasteiger partial charge in [-0.15, -0.1) is 11.3 Å². The van der Waals surface area contributed by atoms with Crippen LogP contribution in [0.15, 0.2) is 35.4 Å². The summed E-state index contributed by atoms with van der Waals surface area (Å²) in [7, 11) is 0. The number of hydrogen-bond donors (Lipinski definition) is 1. The van der Waals surface area contributed by atoms with Gasteiger partial charge in [0.2, 0.25) is 0 Å². The van der Waals surface area contributed by atoms with Crippen molar-refractivity contribution in [1.29, 1.82) is 0 Å². The fourth-order valence-electron chi connectivity index (χ4n) is 2.08. The molecule has 0 aliphatic carbocycles. The lowest BCUT2D eigenvalue weighted by molar-refractivity contribution is 0.628. The van der Waals surface area contributed by atoms with Gasteiger partial charge in [-0.1, -0.05) is 12.1 Å². The zero-order chi connectivity index (χ0) is 13.6. The molecule has 3 rings (SSSR count). The molecule has 6 heteroatoms. The smallest absolute Gasteiger partial charge is 0.281 e. The van der Waals surface area contributed by atoms with E-state index in [1.54, 1.807) is 12.1 Å². The van der Waals surface area contributed by atoms with Crippen LogP contribution in [-0.2, 0) is 0 Å². The summed E-state index contributed by atoms with van der Waals surface area (Å²) in [5.41, 5.74) is 1.27. The Labute approximate surface area is 111 Å². The lowest BCUT2D eigenvalue weighted by Gasteiger charge is -2.02. The molecular weight excluding hydrogens is 265 g/mol. The zero-order valence-corrected chi connectivity index (χ0v) is 10.9. The van der Waals surface area contributed by atoms with Crippen LogP contribution < -0.4 is 11.4 Å². The van der Waals surface area contributed by atoms with Crippen LogP contribution in [0.3, 0.4) is 0 Å². The monoisotopic (exact) mass is 275 g/mol. The topological polar surface area (TPSA) is 60.9 Å². The van der Waals surface area contributed by atoms with Gasteiger partial charge in [-0.25, -0.2) is 14.1 Å². The molecule has 2 N–H and O–H groups in total. The summed E-state index contributed by atoms with van der Waals surface area (Å²) < 4.78 is 14.0. The predicted molar refractivity (Wildman–Crippen MR) is 74.2 cm³/mol. The number of nitrogen functional groups attached to an aromatic ring is 1. The van der Waals surface area contributed by atoms with Crippen LogP contribution in [-0.4, -0.2) is 9.66 Å². The van der Waals surface area contributed by atoms with Crippen LogP contribution in [0, 0.1) is 12.7 Å². The van der Waals surface area contributed by atoms with Gasteiger partial charge in [0.1, 0.15) is 17.0 Å². The fraction of sp³-hybridized carbons (Fsp3) is 0.0769. The minimum atomic E-state index is -0.310. The molecule has 0 radical (unpaired) electrons. The Morgan fingerprint density at radius 2 is 2.00 bits per heavy atom. The van der Waals surface area contributed by atoms with Gasteiger partial charge in [-0.3, -0.25) is 4.79 Å². The third kappa shape index (κ3) is 1.80. The van der Waals surface area contributed by atoms with Gasteiger partial charge in [-0.2, -0.15) is 0 Å². The number of thiophene rings is 1. The number of benzene rings is 1. The molecule has 0 fully saturated rings. The Morgan fingerprint density at radius 3 is 2.68 bits per heavy atom. The summed E-state index contributed by atoms with van der Waals surface area (Å²) in [5.74, 6) is 5.24. The number of nitrogens with two attached hydrogens (primary N) is 1. The SMILES string of the molecule is Cc1sc2ncn(N)c(=O)c2c1-c1ccc(F)cc1. The van der Waals surface area contributed by atoms with E-state index in [9.17, 15) is 9.18 Å². The van der Waals surface area contributed by atoms with Gasteiger partial charge in [-0.05, 0) is 24.6 Å². The highest BCUT2D eigenvalue weighted by molar-refractivity contribution is 7.19. The maximum Gasteiger partial charge on any atom is 0.281 e. The van der Waals surface area contributed by atoms with Crippen LogP contribution in [0.2, 0.25) is 0 Å². The van der Waals surface area contributed by atoms with Crippen molar-refractivity contribution in [2.24, 2.45) is 0 Å². The van der Waals surface area contributed by atoms with Crippen LogP contribution in [0.4, 0.5) is 4.39 Å². The van der Waals surface area contributed by atoms with E-state index in [4.69, 9.17) is 5.84 Å². The first-order valence-corrected chi connectivity index (χ1v) is 6.41. The molecule has 0 bridgehead atoms. The molecule has 0 unspecified atom stereocenters. The van der Waals surface area contributed by atoms with Crippen molar-refractivity contribution in [3.63, 3.8) is 0 Å². The van der Waals surface area contributed by atoms with Crippen molar-refractivity contribution in [1.82, 2.24) is 9.66 Å². The maximum atomic E-state index is 13.0. The van der Waals surface area contributed by atoms with E-state index >= 15 is 0 Å². The van der Waals surface area contributed by atoms with Crippen LogP contribution >= 0.6 is 11.3 Å². The summed E-state index contributed by atoms with van der Waals surface area (Å²) in [4.78, 5) is 17.9. The number of aryl methyl sites for hydroxylation is 1. The van der Waals surface area contributed by atoms with Crippen molar-refractivity contribution in [3.05, 3.63) is 51.6 Å². The summed E-state index contributed by atoms with van der Waals surface area (Å²) in [6.07, 6.45) is 1.30. The summed E-state index contributed by atoms with van der Waals surface area (Å²) in [6.45, 7) is 1.91. The largest absolute Gasteiger partial charge is 0.335 e. The normalized spacial score (nSPS) is 11.1. The molecule has 0 saturated carbocycles. The number of nitrogens with zero attached hydrogens (tertiary/aromatic N) is 2. The molecule has 2 heterocycles. The van der Waals surface area contributed by atoms with Gasteiger partial charge in [0.25, 0.3) is 5.56 Å². The molecule has 0 spiro atoms. The van der Waals surface area contributed by atoms with Gasteiger partial charge in [0.15, 0.2) is 0 Å². The summed E-state index contributed by atoms with van der Waals surface area (Å²) >= 11 is 1.43. The summed E-state index contributed by atoms with van der Waals surface area (Å²) in [5, 5.41) is 0.485. The zero-order valence-electron chi connectivity index (χ0n) is 10.1. The minimum Gasteiger partial charge on any atom is -0.335 e. The van der Waals surface area contributed by atoms with E-state index in [1.165, 1.54) is 29.8 Å². The average molecular weight is 275 g/mol. The van der Waals surface area contributed by atoms with Gasteiger partial charge >= 0.3 is 0 Å². The fourth-order valence-corrected chi connectivity index (χ4v) is 3.08. The van der Waals surface area contributed by atoms with E-state index < -0.39 is 0 Å². The number of fused-ring (bicyclic) bond motifs is 1. The van der Waals surface area contributed by atoms with Gasteiger partial charge < -0.3 is 5.84 Å². The second-order valence-corrected chi connectivity index (χ2v) is 5.38. The number of rotatable bonds is 1.